The summed E-state index contributed by atoms with van der Waals surface area (Å²) in [5.41, 5.74) is 1.41. The summed E-state index contributed by atoms with van der Waals surface area (Å²) < 4.78 is 0. The molecule has 0 spiro atoms. The van der Waals surface area contributed by atoms with Gasteiger partial charge in [-0.15, -0.1) is 0 Å². The zero-order valence-electron chi connectivity index (χ0n) is 6.35. The molecule has 0 atom stereocenters. The maximum atomic E-state index is 10.9. The van der Waals surface area contributed by atoms with Crippen LogP contribution in [-0.2, 0) is 4.94 Å². The van der Waals surface area contributed by atoms with Crippen LogP contribution in [0.3, 0.4) is 0 Å². The third kappa shape index (κ3) is 0.918. The van der Waals surface area contributed by atoms with Gasteiger partial charge in [-0.1, -0.05) is 6.07 Å². The largest absolute Gasteiger partial charge is 0.731 e. The summed E-state index contributed by atoms with van der Waals surface area (Å²) in [6.45, 7) is 1.83. The molecule has 1 aliphatic rings. The van der Waals surface area contributed by atoms with Gasteiger partial charge in [-0.2, -0.15) is 4.94 Å². The first-order valence-electron chi connectivity index (χ1n) is 3.42. The Bertz CT molecular complexity index is 316. The number of anilines is 2. The van der Waals surface area contributed by atoms with Gasteiger partial charge in [0.2, 0.25) is 0 Å². The Morgan fingerprint density at radius 2 is 1.83 bits per heavy atom. The van der Waals surface area contributed by atoms with Gasteiger partial charge in [0.15, 0.2) is 0 Å². The predicted octanol–water partition coefficient (Wildman–Crippen LogP) is 1.46. The van der Waals surface area contributed by atoms with E-state index in [1.165, 1.54) is 0 Å². The number of aryl methyl sites for hydroxylation is 1. The summed E-state index contributed by atoms with van der Waals surface area (Å²) in [5, 5.41) is 22.1. The second kappa shape index (κ2) is 2.34. The van der Waals surface area contributed by atoms with Crippen LogP contribution in [0.25, 0.3) is 0 Å². The lowest BCUT2D eigenvalue weighted by Crippen LogP contribution is -2.17. The van der Waals surface area contributed by atoms with Crippen LogP contribution in [0, 0.1) is 17.3 Å². The van der Waals surface area contributed by atoms with Crippen molar-refractivity contribution in [3.63, 3.8) is 0 Å². The molecule has 0 radical (unpaired) electrons. The first kappa shape index (κ1) is 7.35. The number of benzene rings is 1. The van der Waals surface area contributed by atoms with Crippen LogP contribution < -0.4 is 10.5 Å². The van der Waals surface area contributed by atoms with Gasteiger partial charge >= 0.3 is 0 Å². The van der Waals surface area contributed by atoms with Gasteiger partial charge in [0, 0.05) is 0 Å². The van der Waals surface area contributed by atoms with E-state index in [0.29, 0.717) is 0 Å². The molecule has 0 aliphatic carbocycles. The zero-order chi connectivity index (χ0) is 8.72. The summed E-state index contributed by atoms with van der Waals surface area (Å²) in [5.74, 6) is 0. The Labute approximate surface area is 68.8 Å². The van der Waals surface area contributed by atoms with E-state index < -0.39 is 0 Å². The molecule has 1 heterocycles. The summed E-state index contributed by atoms with van der Waals surface area (Å²) in [7, 11) is 0. The molecule has 64 valence electrons. The molecule has 0 saturated heterocycles. The third-order valence-electron chi connectivity index (χ3n) is 1.67. The van der Waals surface area contributed by atoms with Gasteiger partial charge in [-0.05, 0) is 24.6 Å². The number of hydrogen-bond acceptors (Lipinski definition) is 5. The van der Waals surface area contributed by atoms with Crippen LogP contribution in [0.4, 0.5) is 11.4 Å². The number of rotatable bonds is 0. The second-order valence-corrected chi connectivity index (χ2v) is 2.59. The molecule has 1 aliphatic heterocycles. The van der Waals surface area contributed by atoms with Crippen molar-refractivity contribution in [2.75, 3.05) is 10.5 Å². The molecule has 0 N–H and O–H groups in total. The Kier molecular flexibility index (Phi) is 1.44. The van der Waals surface area contributed by atoms with Crippen molar-refractivity contribution in [2.24, 2.45) is 0 Å². The van der Waals surface area contributed by atoms with Crippen LogP contribution in [0.5, 0.6) is 0 Å². The molecule has 0 fully saturated rings. The number of fused-ring (bicyclic) bond motifs is 1. The normalized spacial score (nSPS) is 15.2. The summed E-state index contributed by atoms with van der Waals surface area (Å²) in [6, 6.07) is 4.89. The minimum Gasteiger partial charge on any atom is -0.731 e. The Balaban J connectivity index is 2.53. The van der Waals surface area contributed by atoms with Crippen molar-refractivity contribution in [1.82, 2.24) is 0 Å². The molecule has 12 heavy (non-hydrogen) atoms. The second-order valence-electron chi connectivity index (χ2n) is 2.59. The molecular weight excluding hydrogens is 160 g/mol. The van der Waals surface area contributed by atoms with Crippen LogP contribution in [0.1, 0.15) is 5.56 Å². The van der Waals surface area contributed by atoms with Gasteiger partial charge in [0.25, 0.3) is 0 Å². The fraction of sp³-hybridized carbons (Fsp3) is 0.143. The van der Waals surface area contributed by atoms with E-state index in [0.717, 1.165) is 5.56 Å². The van der Waals surface area contributed by atoms with Crippen LogP contribution in [0.15, 0.2) is 18.2 Å². The van der Waals surface area contributed by atoms with E-state index >= 15 is 0 Å². The highest BCUT2D eigenvalue weighted by atomic mass is 17.1. The lowest BCUT2D eigenvalue weighted by Gasteiger charge is -2.26. The Morgan fingerprint density at radius 1 is 1.17 bits per heavy atom. The van der Waals surface area contributed by atoms with E-state index in [9.17, 15) is 10.4 Å². The van der Waals surface area contributed by atoms with Crippen molar-refractivity contribution >= 4 is 11.4 Å². The maximum absolute atomic E-state index is 10.9. The van der Waals surface area contributed by atoms with Crippen molar-refractivity contribution in [3.8, 4) is 0 Å². The number of nitrogens with zero attached hydrogens (tertiary/aromatic N) is 2. The van der Waals surface area contributed by atoms with Crippen molar-refractivity contribution < 1.29 is 4.94 Å². The average molecular weight is 166 g/mol. The van der Waals surface area contributed by atoms with Gasteiger partial charge in [-0.25, -0.2) is 0 Å². The lowest BCUT2D eigenvalue weighted by molar-refractivity contribution is 0.150. The van der Waals surface area contributed by atoms with Crippen LogP contribution in [-0.4, -0.2) is 0 Å². The highest BCUT2D eigenvalue weighted by molar-refractivity contribution is 5.73. The van der Waals surface area contributed by atoms with Gasteiger partial charge in [-0.3, -0.25) is 10.5 Å². The monoisotopic (exact) mass is 166 g/mol. The zero-order valence-corrected chi connectivity index (χ0v) is 6.35. The molecule has 5 nitrogen and oxygen atoms in total. The van der Waals surface area contributed by atoms with Gasteiger partial charge < -0.3 is 10.4 Å². The van der Waals surface area contributed by atoms with Gasteiger partial charge in [0.05, 0.1) is 11.4 Å². The van der Waals surface area contributed by atoms with E-state index in [1.54, 1.807) is 18.2 Å². The third-order valence-corrected chi connectivity index (χ3v) is 1.67. The molecule has 0 amide bonds. The highest BCUT2D eigenvalue weighted by Crippen LogP contribution is 2.35. The van der Waals surface area contributed by atoms with E-state index in [4.69, 9.17) is 0 Å². The summed E-state index contributed by atoms with van der Waals surface area (Å²) >= 11 is 0. The molecular formula is C7H6N2O3-2. The minimum atomic E-state index is 0.196. The SMILES string of the molecule is Cc1ccc2c(c1)N([O-])ON2[O-]. The standard InChI is InChI=1S/C7H6N2O3/c1-5-2-3-6-7(4-5)9(11)12-8(6)10/h2-4H,1H3/q-2. The Morgan fingerprint density at radius 3 is 2.58 bits per heavy atom. The van der Waals surface area contributed by atoms with Crippen LogP contribution >= 0.6 is 0 Å². The maximum Gasteiger partial charge on any atom is 0.0786 e. The van der Waals surface area contributed by atoms with E-state index in [-0.39, 0.29) is 21.8 Å². The average Bonchev–Trinajstić information content (AvgIpc) is 2.28. The quantitative estimate of drug-likeness (QED) is 0.583. The molecule has 0 bridgehead atoms. The summed E-state index contributed by atoms with van der Waals surface area (Å²) in [4.78, 5) is 4.24. The minimum absolute atomic E-state index is 0.196. The number of hydrogen-bond donors (Lipinski definition) is 0. The fourth-order valence-corrected chi connectivity index (χ4v) is 1.09. The van der Waals surface area contributed by atoms with Crippen molar-refractivity contribution in [3.05, 3.63) is 34.2 Å². The Hall–Kier alpha value is -1.30. The molecule has 1 aromatic carbocycles. The van der Waals surface area contributed by atoms with E-state index in [1.807, 2.05) is 6.92 Å². The van der Waals surface area contributed by atoms with Crippen molar-refractivity contribution in [2.45, 2.75) is 6.92 Å². The molecule has 0 unspecified atom stereocenters. The van der Waals surface area contributed by atoms with E-state index in [2.05, 4.69) is 4.94 Å². The highest BCUT2D eigenvalue weighted by Gasteiger charge is 2.15. The molecule has 1 aromatic rings. The molecule has 5 heteroatoms. The summed E-state index contributed by atoms with van der Waals surface area (Å²) in [6.07, 6.45) is 0. The molecule has 2 rings (SSSR count). The molecule has 0 aromatic heterocycles. The first-order chi connectivity index (χ1) is 5.68. The topological polar surface area (TPSA) is 61.8 Å². The lowest BCUT2D eigenvalue weighted by atomic mass is 10.2. The predicted molar refractivity (Wildman–Crippen MR) is 44.0 cm³/mol. The van der Waals surface area contributed by atoms with Crippen LogP contribution in [0.2, 0.25) is 0 Å². The fourth-order valence-electron chi connectivity index (χ4n) is 1.09. The smallest absolute Gasteiger partial charge is 0.0786 e. The van der Waals surface area contributed by atoms with Gasteiger partial charge in [0.1, 0.15) is 0 Å². The molecule has 0 saturated carbocycles. The first-order valence-corrected chi connectivity index (χ1v) is 3.42. The van der Waals surface area contributed by atoms with Crippen molar-refractivity contribution in [1.29, 1.82) is 0 Å².